The number of nitro groups is 1. The molecule has 0 atom stereocenters. The number of benzene rings is 1. The SMILES string of the molecule is COc1cccc(N(C)S(=O)(=O)c2cc([N+](=O)[O-])ccc2OC)n1. The highest BCUT2D eigenvalue weighted by molar-refractivity contribution is 7.92. The van der Waals surface area contributed by atoms with E-state index in [9.17, 15) is 18.5 Å². The highest BCUT2D eigenvalue weighted by Gasteiger charge is 2.28. The summed E-state index contributed by atoms with van der Waals surface area (Å²) >= 11 is 0. The summed E-state index contributed by atoms with van der Waals surface area (Å²) in [6.45, 7) is 0. The molecule has 0 spiro atoms. The maximum Gasteiger partial charge on any atom is 0.271 e. The summed E-state index contributed by atoms with van der Waals surface area (Å²) in [6, 6.07) is 7.98. The molecule has 2 aromatic rings. The maximum atomic E-state index is 12.8. The van der Waals surface area contributed by atoms with Gasteiger partial charge in [-0.05, 0) is 12.1 Å². The maximum absolute atomic E-state index is 12.8. The van der Waals surface area contributed by atoms with Gasteiger partial charge >= 0.3 is 0 Å². The molecule has 1 aromatic heterocycles. The molecule has 128 valence electrons. The number of hydrogen-bond donors (Lipinski definition) is 0. The van der Waals surface area contributed by atoms with Crippen LogP contribution < -0.4 is 13.8 Å². The molecule has 0 aliphatic rings. The zero-order valence-corrected chi connectivity index (χ0v) is 14.0. The largest absolute Gasteiger partial charge is 0.495 e. The standard InChI is InChI=1S/C14H15N3O6S/c1-16(13-5-4-6-14(15-13)23-3)24(20,21)12-9-10(17(18)19)7-8-11(12)22-2/h4-9H,1-3H3. The molecule has 2 rings (SSSR count). The van der Waals surface area contributed by atoms with Gasteiger partial charge in [-0.15, -0.1) is 0 Å². The van der Waals surface area contributed by atoms with Crippen molar-refractivity contribution in [2.24, 2.45) is 0 Å². The third kappa shape index (κ3) is 3.23. The van der Waals surface area contributed by atoms with Gasteiger partial charge < -0.3 is 9.47 Å². The molecule has 0 N–H and O–H groups in total. The lowest BCUT2D eigenvalue weighted by Crippen LogP contribution is -2.27. The minimum Gasteiger partial charge on any atom is -0.495 e. The molecule has 0 fully saturated rings. The quantitative estimate of drug-likeness (QED) is 0.575. The van der Waals surface area contributed by atoms with Crippen molar-refractivity contribution in [2.45, 2.75) is 4.90 Å². The summed E-state index contributed by atoms with van der Waals surface area (Å²) in [5, 5.41) is 10.9. The molecule has 0 saturated heterocycles. The molecule has 1 heterocycles. The Labute approximate surface area is 138 Å². The fourth-order valence-corrected chi connectivity index (χ4v) is 3.26. The van der Waals surface area contributed by atoms with E-state index in [1.54, 1.807) is 12.1 Å². The number of nitro benzene ring substituents is 1. The molecule has 0 aliphatic heterocycles. The van der Waals surface area contributed by atoms with E-state index in [2.05, 4.69) is 4.98 Å². The normalized spacial score (nSPS) is 11.0. The Bertz CT molecular complexity index is 869. The predicted octanol–water partition coefficient (Wildman–Crippen LogP) is 1.83. The van der Waals surface area contributed by atoms with E-state index in [0.717, 1.165) is 10.4 Å². The molecule has 9 nitrogen and oxygen atoms in total. The number of ether oxygens (including phenoxy) is 2. The van der Waals surface area contributed by atoms with Gasteiger partial charge in [0.05, 0.1) is 19.1 Å². The number of non-ortho nitro benzene ring substituents is 1. The summed E-state index contributed by atoms with van der Waals surface area (Å²) in [5.41, 5.74) is -0.360. The van der Waals surface area contributed by atoms with Gasteiger partial charge in [-0.25, -0.2) is 8.42 Å². The van der Waals surface area contributed by atoms with Crippen molar-refractivity contribution >= 4 is 21.5 Å². The third-order valence-corrected chi connectivity index (χ3v) is 5.02. The van der Waals surface area contributed by atoms with Gasteiger partial charge in [0.25, 0.3) is 15.7 Å². The summed E-state index contributed by atoms with van der Waals surface area (Å²) in [6.07, 6.45) is 0. The highest BCUT2D eigenvalue weighted by Crippen LogP contribution is 2.31. The van der Waals surface area contributed by atoms with Crippen molar-refractivity contribution in [3.63, 3.8) is 0 Å². The van der Waals surface area contributed by atoms with Crippen LogP contribution in [0.2, 0.25) is 0 Å². The number of nitrogens with zero attached hydrogens (tertiary/aromatic N) is 3. The van der Waals surface area contributed by atoms with Crippen LogP contribution in [-0.2, 0) is 10.0 Å². The molecule has 0 amide bonds. The van der Waals surface area contributed by atoms with Crippen molar-refractivity contribution in [3.8, 4) is 11.6 Å². The summed E-state index contributed by atoms with van der Waals surface area (Å²) in [5.74, 6) is 0.332. The van der Waals surface area contributed by atoms with Gasteiger partial charge in [0.1, 0.15) is 16.5 Å². The smallest absolute Gasteiger partial charge is 0.271 e. The average Bonchev–Trinajstić information content (AvgIpc) is 2.60. The highest BCUT2D eigenvalue weighted by atomic mass is 32.2. The Kier molecular flexibility index (Phi) is 4.88. The molecule has 0 aliphatic carbocycles. The fraction of sp³-hybridized carbons (Fsp3) is 0.214. The monoisotopic (exact) mass is 353 g/mol. The van der Waals surface area contributed by atoms with Crippen LogP contribution in [0.25, 0.3) is 0 Å². The van der Waals surface area contributed by atoms with E-state index in [0.29, 0.717) is 0 Å². The van der Waals surface area contributed by atoms with E-state index < -0.39 is 14.9 Å². The van der Waals surface area contributed by atoms with Gasteiger partial charge in [-0.2, -0.15) is 4.98 Å². The Morgan fingerprint density at radius 3 is 2.46 bits per heavy atom. The Hall–Kier alpha value is -2.88. The zero-order valence-electron chi connectivity index (χ0n) is 13.2. The number of sulfonamides is 1. The number of methoxy groups -OCH3 is 2. The summed E-state index contributed by atoms with van der Waals surface area (Å²) < 4.78 is 36.6. The van der Waals surface area contributed by atoms with Crippen LogP contribution in [0.4, 0.5) is 11.5 Å². The second kappa shape index (κ2) is 6.71. The van der Waals surface area contributed by atoms with Crippen LogP contribution in [0.5, 0.6) is 11.6 Å². The van der Waals surface area contributed by atoms with Crippen molar-refractivity contribution in [1.82, 2.24) is 4.98 Å². The molecular formula is C14H15N3O6S. The summed E-state index contributed by atoms with van der Waals surface area (Å²) in [7, 11) is -0.154. The molecule has 24 heavy (non-hydrogen) atoms. The van der Waals surface area contributed by atoms with Crippen LogP contribution in [0.3, 0.4) is 0 Å². The molecule has 0 radical (unpaired) electrons. The second-order valence-corrected chi connectivity index (χ2v) is 6.54. The van der Waals surface area contributed by atoms with Crippen molar-refractivity contribution in [2.75, 3.05) is 25.6 Å². The zero-order chi connectivity index (χ0) is 17.9. The van der Waals surface area contributed by atoms with Crippen molar-refractivity contribution in [3.05, 3.63) is 46.5 Å². The number of hydrogen-bond acceptors (Lipinski definition) is 7. The van der Waals surface area contributed by atoms with Gasteiger partial charge in [0, 0.05) is 25.2 Å². The third-order valence-electron chi connectivity index (χ3n) is 3.24. The number of rotatable bonds is 6. The minimum absolute atomic E-state index is 0.00431. The lowest BCUT2D eigenvalue weighted by atomic mass is 10.3. The molecular weight excluding hydrogens is 338 g/mol. The first-order valence-electron chi connectivity index (χ1n) is 6.63. The molecule has 0 saturated carbocycles. The fourth-order valence-electron chi connectivity index (χ4n) is 1.94. The Morgan fingerprint density at radius 2 is 1.88 bits per heavy atom. The van der Waals surface area contributed by atoms with E-state index in [-0.39, 0.29) is 28.0 Å². The van der Waals surface area contributed by atoms with E-state index in [1.165, 1.54) is 39.5 Å². The molecule has 1 aromatic carbocycles. The van der Waals surface area contributed by atoms with Gasteiger partial charge in [0.15, 0.2) is 0 Å². The Morgan fingerprint density at radius 1 is 1.17 bits per heavy atom. The first-order chi connectivity index (χ1) is 11.3. The Balaban J connectivity index is 2.56. The lowest BCUT2D eigenvalue weighted by molar-refractivity contribution is -0.385. The minimum atomic E-state index is -4.13. The van der Waals surface area contributed by atoms with Crippen LogP contribution in [-0.4, -0.2) is 39.6 Å². The van der Waals surface area contributed by atoms with E-state index in [4.69, 9.17) is 9.47 Å². The van der Waals surface area contributed by atoms with Crippen LogP contribution >= 0.6 is 0 Å². The van der Waals surface area contributed by atoms with Crippen LogP contribution in [0, 0.1) is 10.1 Å². The molecule has 0 bridgehead atoms. The second-order valence-electron chi connectivity index (χ2n) is 4.60. The first kappa shape index (κ1) is 17.5. The number of anilines is 1. The lowest BCUT2D eigenvalue weighted by Gasteiger charge is -2.20. The molecule has 0 unspecified atom stereocenters. The topological polar surface area (TPSA) is 112 Å². The van der Waals surface area contributed by atoms with Gasteiger partial charge in [-0.1, -0.05) is 6.07 Å². The first-order valence-corrected chi connectivity index (χ1v) is 8.07. The van der Waals surface area contributed by atoms with Crippen LogP contribution in [0.1, 0.15) is 0 Å². The summed E-state index contributed by atoms with van der Waals surface area (Å²) in [4.78, 5) is 14.0. The average molecular weight is 353 g/mol. The van der Waals surface area contributed by atoms with E-state index >= 15 is 0 Å². The van der Waals surface area contributed by atoms with Crippen molar-refractivity contribution < 1.29 is 22.8 Å². The predicted molar refractivity (Wildman–Crippen MR) is 86.0 cm³/mol. The van der Waals surface area contributed by atoms with Gasteiger partial charge in [0.2, 0.25) is 5.88 Å². The van der Waals surface area contributed by atoms with E-state index in [1.807, 2.05) is 0 Å². The number of pyridine rings is 1. The van der Waals surface area contributed by atoms with Crippen molar-refractivity contribution in [1.29, 1.82) is 0 Å². The number of aromatic nitrogens is 1. The van der Waals surface area contributed by atoms with Crippen LogP contribution in [0.15, 0.2) is 41.3 Å². The van der Waals surface area contributed by atoms with Gasteiger partial charge in [-0.3, -0.25) is 14.4 Å². The molecule has 10 heteroatoms.